The maximum absolute atomic E-state index is 12.9. The topological polar surface area (TPSA) is 56.1 Å². The zero-order valence-corrected chi connectivity index (χ0v) is 13.3. The normalized spacial score (nSPS) is 16.8. The highest BCUT2D eigenvalue weighted by Gasteiger charge is 2.47. The number of aromatic nitrogens is 2. The second-order valence-corrected chi connectivity index (χ2v) is 6.00. The molecular weight excluding hydrogens is 297 g/mol. The van der Waals surface area contributed by atoms with Crippen LogP contribution in [0.5, 0.6) is 0 Å². The second kappa shape index (κ2) is 6.12. The van der Waals surface area contributed by atoms with Gasteiger partial charge in [-0.25, -0.2) is 9.07 Å². The Morgan fingerprint density at radius 3 is 2.70 bits per heavy atom. The highest BCUT2D eigenvalue weighted by atomic mass is 19.1. The van der Waals surface area contributed by atoms with E-state index >= 15 is 0 Å². The van der Waals surface area contributed by atoms with Gasteiger partial charge in [-0.2, -0.15) is 5.10 Å². The number of carbonyl (C=O) groups is 1. The van der Waals surface area contributed by atoms with Crippen LogP contribution >= 0.6 is 0 Å². The van der Waals surface area contributed by atoms with Crippen LogP contribution in [0.25, 0.3) is 5.69 Å². The fraction of sp³-hybridized carbons (Fsp3) is 0.412. The van der Waals surface area contributed by atoms with Crippen molar-refractivity contribution in [2.24, 2.45) is 5.92 Å². The highest BCUT2D eigenvalue weighted by Crippen LogP contribution is 2.41. The Bertz CT molecular complexity index is 694. The molecule has 0 saturated heterocycles. The third-order valence-electron chi connectivity index (χ3n) is 4.40. The number of hydrogen-bond acceptors (Lipinski definition) is 3. The van der Waals surface area contributed by atoms with Crippen molar-refractivity contribution in [2.75, 3.05) is 7.11 Å². The molecule has 0 bridgehead atoms. The van der Waals surface area contributed by atoms with Crippen molar-refractivity contribution in [1.29, 1.82) is 0 Å². The van der Waals surface area contributed by atoms with Crippen molar-refractivity contribution >= 4 is 5.91 Å². The molecule has 3 rings (SSSR count). The first-order valence-electron chi connectivity index (χ1n) is 7.67. The molecule has 1 aliphatic carbocycles. The van der Waals surface area contributed by atoms with Gasteiger partial charge in [0.25, 0.3) is 5.91 Å². The van der Waals surface area contributed by atoms with Crippen LogP contribution < -0.4 is 5.32 Å². The lowest BCUT2D eigenvalue weighted by molar-refractivity contribution is -0.144. The molecule has 1 heterocycles. The maximum Gasteiger partial charge on any atom is 0.252 e. The number of hydrogen-bond donors (Lipinski definition) is 1. The molecule has 1 N–H and O–H groups in total. The lowest BCUT2D eigenvalue weighted by Gasteiger charge is -2.26. The molecule has 1 fully saturated rings. The van der Waals surface area contributed by atoms with Gasteiger partial charge in [0.2, 0.25) is 0 Å². The predicted octanol–water partition coefficient (Wildman–Crippen LogP) is 2.44. The first kappa shape index (κ1) is 15.7. The molecule has 122 valence electrons. The number of methoxy groups -OCH3 is 1. The van der Waals surface area contributed by atoms with Crippen LogP contribution in [0.3, 0.4) is 0 Å². The molecule has 0 spiro atoms. The Hall–Kier alpha value is -2.21. The summed E-state index contributed by atoms with van der Waals surface area (Å²) in [4.78, 5) is 12.4. The Balaban J connectivity index is 1.63. The van der Waals surface area contributed by atoms with E-state index < -0.39 is 5.60 Å². The van der Waals surface area contributed by atoms with Gasteiger partial charge >= 0.3 is 0 Å². The van der Waals surface area contributed by atoms with Crippen LogP contribution in [-0.2, 0) is 16.1 Å². The fourth-order valence-electron chi connectivity index (χ4n) is 2.62. The molecule has 1 amide bonds. The summed E-state index contributed by atoms with van der Waals surface area (Å²) in [5.41, 5.74) is 0.736. The second-order valence-electron chi connectivity index (χ2n) is 6.00. The number of nitrogens with one attached hydrogen (secondary N) is 1. The molecule has 0 unspecified atom stereocenters. The average Bonchev–Trinajstić information content (AvgIpc) is 3.32. The number of amides is 1. The van der Waals surface area contributed by atoms with Gasteiger partial charge in [-0.15, -0.1) is 0 Å². The summed E-state index contributed by atoms with van der Waals surface area (Å²) < 4.78 is 20.0. The van der Waals surface area contributed by atoms with Gasteiger partial charge in [0.1, 0.15) is 11.4 Å². The summed E-state index contributed by atoms with van der Waals surface area (Å²) in [6, 6.07) is 7.90. The smallest absolute Gasteiger partial charge is 0.252 e. The van der Waals surface area contributed by atoms with Crippen LogP contribution in [0.2, 0.25) is 0 Å². The van der Waals surface area contributed by atoms with E-state index in [2.05, 4.69) is 10.4 Å². The van der Waals surface area contributed by atoms with Gasteiger partial charge in [0, 0.05) is 13.3 Å². The van der Waals surface area contributed by atoms with Crippen molar-refractivity contribution in [3.05, 3.63) is 48.0 Å². The lowest BCUT2D eigenvalue weighted by atomic mass is 9.99. The SMILES string of the molecule is CO[C@](C)(C(=O)NCc1ccn(-c2ccc(F)cc2)n1)C1CC1. The summed E-state index contributed by atoms with van der Waals surface area (Å²) in [7, 11) is 1.57. The number of carbonyl (C=O) groups excluding carboxylic acids is 1. The fourth-order valence-corrected chi connectivity index (χ4v) is 2.62. The number of ether oxygens (including phenoxy) is 1. The van der Waals surface area contributed by atoms with Crippen LogP contribution in [0.15, 0.2) is 36.5 Å². The predicted molar refractivity (Wildman–Crippen MR) is 83.5 cm³/mol. The van der Waals surface area contributed by atoms with E-state index in [1.54, 1.807) is 30.1 Å². The van der Waals surface area contributed by atoms with E-state index in [4.69, 9.17) is 4.74 Å². The number of benzene rings is 1. The Kier molecular flexibility index (Phi) is 4.17. The quantitative estimate of drug-likeness (QED) is 0.890. The molecule has 6 heteroatoms. The summed E-state index contributed by atoms with van der Waals surface area (Å²) in [5, 5.41) is 7.28. The number of halogens is 1. The van der Waals surface area contributed by atoms with E-state index in [0.29, 0.717) is 12.5 Å². The third-order valence-corrected chi connectivity index (χ3v) is 4.40. The maximum atomic E-state index is 12.9. The van der Waals surface area contributed by atoms with E-state index in [1.807, 2.05) is 13.0 Å². The molecule has 23 heavy (non-hydrogen) atoms. The van der Waals surface area contributed by atoms with Crippen molar-refractivity contribution in [1.82, 2.24) is 15.1 Å². The van der Waals surface area contributed by atoms with Crippen LogP contribution in [0, 0.1) is 11.7 Å². The third kappa shape index (κ3) is 3.27. The molecule has 1 aromatic heterocycles. The minimum Gasteiger partial charge on any atom is -0.368 e. The van der Waals surface area contributed by atoms with Crippen LogP contribution in [0.1, 0.15) is 25.5 Å². The van der Waals surface area contributed by atoms with Crippen molar-refractivity contribution in [2.45, 2.75) is 31.9 Å². The monoisotopic (exact) mass is 317 g/mol. The molecule has 1 aromatic carbocycles. The van der Waals surface area contributed by atoms with E-state index in [1.165, 1.54) is 12.1 Å². The molecule has 1 aliphatic rings. The summed E-state index contributed by atoms with van der Waals surface area (Å²) in [5.74, 6) is -0.101. The Morgan fingerprint density at radius 2 is 2.09 bits per heavy atom. The largest absolute Gasteiger partial charge is 0.368 e. The lowest BCUT2D eigenvalue weighted by Crippen LogP contribution is -2.47. The van der Waals surface area contributed by atoms with Gasteiger partial charge < -0.3 is 10.1 Å². The molecule has 0 aliphatic heterocycles. The zero-order chi connectivity index (χ0) is 16.4. The van der Waals surface area contributed by atoms with Crippen LogP contribution in [0.4, 0.5) is 4.39 Å². The van der Waals surface area contributed by atoms with Gasteiger partial charge in [-0.1, -0.05) is 0 Å². The van der Waals surface area contributed by atoms with Crippen molar-refractivity contribution < 1.29 is 13.9 Å². The zero-order valence-electron chi connectivity index (χ0n) is 13.3. The van der Waals surface area contributed by atoms with Gasteiger partial charge in [0.15, 0.2) is 0 Å². The van der Waals surface area contributed by atoms with Crippen LogP contribution in [-0.4, -0.2) is 28.4 Å². The Labute approximate surface area is 134 Å². The molecule has 2 aromatic rings. The summed E-state index contributed by atoms with van der Waals surface area (Å²) >= 11 is 0. The highest BCUT2D eigenvalue weighted by molar-refractivity contribution is 5.85. The van der Waals surface area contributed by atoms with Gasteiger partial charge in [0.05, 0.1) is 17.9 Å². The number of nitrogens with zero attached hydrogens (tertiary/aromatic N) is 2. The Morgan fingerprint density at radius 1 is 1.39 bits per heavy atom. The van der Waals surface area contributed by atoms with Gasteiger partial charge in [-0.05, 0) is 56.0 Å². The molecule has 0 radical (unpaired) electrons. The van der Waals surface area contributed by atoms with E-state index in [-0.39, 0.29) is 11.7 Å². The van der Waals surface area contributed by atoms with Crippen molar-refractivity contribution in [3.8, 4) is 5.69 Å². The molecule has 1 atom stereocenters. The first-order chi connectivity index (χ1) is 11.0. The standard InChI is InChI=1S/C17H20FN3O2/c1-17(23-2,12-3-4-12)16(22)19-11-14-9-10-21(20-14)15-7-5-13(18)6-8-15/h5-10,12H,3-4,11H2,1-2H3,(H,19,22)/t17-/m0/s1. The summed E-state index contributed by atoms with van der Waals surface area (Å²) in [6.45, 7) is 2.16. The molecular formula is C17H20FN3O2. The first-order valence-corrected chi connectivity index (χ1v) is 7.67. The van der Waals surface area contributed by atoms with E-state index in [9.17, 15) is 9.18 Å². The minimum atomic E-state index is -0.764. The summed E-state index contributed by atoms with van der Waals surface area (Å²) in [6.07, 6.45) is 3.83. The minimum absolute atomic E-state index is 0.112. The van der Waals surface area contributed by atoms with E-state index in [0.717, 1.165) is 24.2 Å². The van der Waals surface area contributed by atoms with Crippen molar-refractivity contribution in [3.63, 3.8) is 0 Å². The molecule has 1 saturated carbocycles. The number of rotatable bonds is 6. The average molecular weight is 317 g/mol. The molecule has 5 nitrogen and oxygen atoms in total. The van der Waals surface area contributed by atoms with Gasteiger partial charge in [-0.3, -0.25) is 4.79 Å².